The van der Waals surface area contributed by atoms with Gasteiger partial charge < -0.3 is 20.5 Å². The minimum Gasteiger partial charge on any atom is -0.496 e. The molecule has 0 radical (unpaired) electrons. The fourth-order valence-electron chi connectivity index (χ4n) is 2.81. The van der Waals surface area contributed by atoms with Crippen molar-refractivity contribution in [3.63, 3.8) is 0 Å². The molecule has 142 valence electrons. The molecule has 0 bridgehead atoms. The van der Waals surface area contributed by atoms with Crippen molar-refractivity contribution in [2.45, 2.75) is 18.9 Å². The molecule has 1 saturated heterocycles. The molecule has 3 N–H and O–H groups in total. The highest BCUT2D eigenvalue weighted by atomic mass is 35.5. The van der Waals surface area contributed by atoms with Crippen LogP contribution in [0.15, 0.2) is 23.6 Å². The van der Waals surface area contributed by atoms with Crippen molar-refractivity contribution < 1.29 is 18.7 Å². The van der Waals surface area contributed by atoms with Gasteiger partial charge in [-0.05, 0) is 37.0 Å². The number of ether oxygens (including phenoxy) is 2. The number of hydrogen-bond donors (Lipinski definition) is 2. The van der Waals surface area contributed by atoms with Crippen molar-refractivity contribution in [3.8, 4) is 17.0 Å². The fourth-order valence-corrected chi connectivity index (χ4v) is 3.53. The number of rotatable bonds is 5. The summed E-state index contributed by atoms with van der Waals surface area (Å²) in [4.78, 5) is 16.7. The number of nitrogens with zero attached hydrogens (tertiary/aromatic N) is 1. The molecule has 0 spiro atoms. The summed E-state index contributed by atoms with van der Waals surface area (Å²) in [5.41, 5.74) is 7.14. The maximum Gasteiger partial charge on any atom is 0.243 e. The highest BCUT2D eigenvalue weighted by Crippen LogP contribution is 2.33. The molecule has 2 heterocycles. The third-order valence-electron chi connectivity index (χ3n) is 4.25. The van der Waals surface area contributed by atoms with Crippen LogP contribution < -0.4 is 15.8 Å². The first kappa shape index (κ1) is 20.6. The lowest BCUT2D eigenvalue weighted by atomic mass is 9.92. The van der Waals surface area contributed by atoms with E-state index in [-0.39, 0.29) is 30.0 Å². The van der Waals surface area contributed by atoms with Gasteiger partial charge in [0.15, 0.2) is 5.13 Å². The number of carbonyl (C=O) groups is 1. The quantitative estimate of drug-likeness (QED) is 0.804. The van der Waals surface area contributed by atoms with Crippen LogP contribution in [0, 0.1) is 11.7 Å². The van der Waals surface area contributed by atoms with E-state index in [4.69, 9.17) is 15.2 Å². The van der Waals surface area contributed by atoms with Crippen molar-refractivity contribution in [2.24, 2.45) is 11.7 Å². The van der Waals surface area contributed by atoms with Crippen molar-refractivity contribution in [1.82, 2.24) is 4.98 Å². The van der Waals surface area contributed by atoms with Gasteiger partial charge in [0.2, 0.25) is 5.91 Å². The van der Waals surface area contributed by atoms with E-state index >= 15 is 0 Å². The second kappa shape index (κ2) is 9.27. The van der Waals surface area contributed by atoms with Gasteiger partial charge in [-0.3, -0.25) is 4.79 Å². The second-order valence-electron chi connectivity index (χ2n) is 5.85. The molecule has 1 aromatic heterocycles. The van der Waals surface area contributed by atoms with Gasteiger partial charge in [0.05, 0.1) is 18.8 Å². The van der Waals surface area contributed by atoms with Crippen molar-refractivity contribution in [1.29, 1.82) is 0 Å². The van der Waals surface area contributed by atoms with Gasteiger partial charge in [0, 0.05) is 24.2 Å². The minimum absolute atomic E-state index is 0. The summed E-state index contributed by atoms with van der Waals surface area (Å²) in [7, 11) is 1.51. The molecule has 1 atom stereocenters. The van der Waals surface area contributed by atoms with Crippen LogP contribution in [-0.2, 0) is 9.53 Å². The van der Waals surface area contributed by atoms with Gasteiger partial charge >= 0.3 is 0 Å². The lowest BCUT2D eigenvalue weighted by Crippen LogP contribution is -2.43. The minimum atomic E-state index is -0.597. The Morgan fingerprint density at radius 1 is 1.46 bits per heavy atom. The largest absolute Gasteiger partial charge is 0.496 e. The Labute approximate surface area is 161 Å². The summed E-state index contributed by atoms with van der Waals surface area (Å²) in [6.07, 6.45) is 1.55. The Morgan fingerprint density at radius 3 is 2.88 bits per heavy atom. The SMILES string of the molecule is COc1ccc(F)cc1-c1csc(NC(=O)C(N)C2CCOCC2)n1.Cl. The molecule has 26 heavy (non-hydrogen) atoms. The number of nitrogens with one attached hydrogen (secondary N) is 1. The molecule has 0 saturated carbocycles. The molecule has 1 aliphatic heterocycles. The first-order valence-corrected chi connectivity index (χ1v) is 8.90. The van der Waals surface area contributed by atoms with Crippen LogP contribution in [0.3, 0.4) is 0 Å². The lowest BCUT2D eigenvalue weighted by molar-refractivity contribution is -0.119. The zero-order valence-electron chi connectivity index (χ0n) is 14.2. The average Bonchev–Trinajstić information content (AvgIpc) is 3.10. The van der Waals surface area contributed by atoms with Gasteiger partial charge in [-0.2, -0.15) is 0 Å². The van der Waals surface area contributed by atoms with Crippen LogP contribution in [0.4, 0.5) is 9.52 Å². The Morgan fingerprint density at radius 2 is 2.19 bits per heavy atom. The molecule has 1 aromatic carbocycles. The number of benzene rings is 1. The van der Waals surface area contributed by atoms with E-state index in [0.29, 0.717) is 35.4 Å². The zero-order chi connectivity index (χ0) is 17.8. The summed E-state index contributed by atoms with van der Waals surface area (Å²) < 4.78 is 24.1. The van der Waals surface area contributed by atoms with Gasteiger partial charge in [0.1, 0.15) is 11.6 Å². The highest BCUT2D eigenvalue weighted by Gasteiger charge is 2.27. The first-order valence-electron chi connectivity index (χ1n) is 8.02. The normalized spacial score (nSPS) is 15.8. The monoisotopic (exact) mass is 401 g/mol. The topological polar surface area (TPSA) is 86.5 Å². The van der Waals surface area contributed by atoms with E-state index in [0.717, 1.165) is 12.8 Å². The maximum absolute atomic E-state index is 13.5. The van der Waals surface area contributed by atoms with Gasteiger partial charge in [-0.15, -0.1) is 23.7 Å². The average molecular weight is 402 g/mol. The number of amides is 1. The summed E-state index contributed by atoms with van der Waals surface area (Å²) in [6, 6.07) is 3.63. The number of methoxy groups -OCH3 is 1. The Hall–Kier alpha value is -1.74. The Bertz CT molecular complexity index is 753. The molecule has 1 fully saturated rings. The van der Waals surface area contributed by atoms with Crippen LogP contribution in [0.25, 0.3) is 11.3 Å². The number of aromatic nitrogens is 1. The van der Waals surface area contributed by atoms with Crippen molar-refractivity contribution in [3.05, 3.63) is 29.4 Å². The van der Waals surface area contributed by atoms with E-state index in [2.05, 4.69) is 10.3 Å². The summed E-state index contributed by atoms with van der Waals surface area (Å²) >= 11 is 1.26. The Balaban J connectivity index is 0.00000243. The number of nitrogens with two attached hydrogens (primary N) is 1. The molecule has 6 nitrogen and oxygen atoms in total. The molecular formula is C17H21ClFN3O3S. The summed E-state index contributed by atoms with van der Waals surface area (Å²) in [5, 5.41) is 4.92. The highest BCUT2D eigenvalue weighted by molar-refractivity contribution is 7.14. The number of carbonyl (C=O) groups excluding carboxylic acids is 1. The molecule has 1 aliphatic rings. The summed E-state index contributed by atoms with van der Waals surface area (Å²) in [5.74, 6) is -0.0186. The van der Waals surface area contributed by atoms with Gasteiger partial charge in [-0.1, -0.05) is 0 Å². The third kappa shape index (κ3) is 4.70. The number of hydrogen-bond acceptors (Lipinski definition) is 6. The van der Waals surface area contributed by atoms with E-state index < -0.39 is 6.04 Å². The van der Waals surface area contributed by atoms with Gasteiger partial charge in [0.25, 0.3) is 0 Å². The number of anilines is 1. The van der Waals surface area contributed by atoms with Crippen LogP contribution in [0.5, 0.6) is 5.75 Å². The molecule has 0 aliphatic carbocycles. The van der Waals surface area contributed by atoms with E-state index in [1.165, 1.54) is 30.6 Å². The van der Waals surface area contributed by atoms with Crippen LogP contribution in [-0.4, -0.2) is 37.3 Å². The standard InChI is InChI=1S/C17H20FN3O3S.ClH/c1-23-14-3-2-11(18)8-12(14)13-9-25-17(20-13)21-16(22)15(19)10-4-6-24-7-5-10;/h2-3,8-10,15H,4-7,19H2,1H3,(H,20,21,22);1H. The number of thiazole rings is 1. The molecule has 2 aromatic rings. The first-order chi connectivity index (χ1) is 12.1. The molecule has 1 unspecified atom stereocenters. The van der Waals surface area contributed by atoms with E-state index in [1.807, 2.05) is 0 Å². The van der Waals surface area contributed by atoms with E-state index in [9.17, 15) is 9.18 Å². The van der Waals surface area contributed by atoms with Crippen LogP contribution >= 0.6 is 23.7 Å². The number of halogens is 2. The van der Waals surface area contributed by atoms with Crippen LogP contribution in [0.2, 0.25) is 0 Å². The molecule has 3 rings (SSSR count). The molecule has 1 amide bonds. The maximum atomic E-state index is 13.5. The third-order valence-corrected chi connectivity index (χ3v) is 5.01. The second-order valence-corrected chi connectivity index (χ2v) is 6.71. The van der Waals surface area contributed by atoms with Crippen LogP contribution in [0.1, 0.15) is 12.8 Å². The summed E-state index contributed by atoms with van der Waals surface area (Å²) in [6.45, 7) is 1.26. The van der Waals surface area contributed by atoms with Gasteiger partial charge in [-0.25, -0.2) is 9.37 Å². The van der Waals surface area contributed by atoms with E-state index in [1.54, 1.807) is 11.4 Å². The zero-order valence-corrected chi connectivity index (χ0v) is 15.9. The smallest absolute Gasteiger partial charge is 0.243 e. The predicted octanol–water partition coefficient (Wildman–Crippen LogP) is 3.07. The Kier molecular flexibility index (Phi) is 7.33. The predicted molar refractivity (Wildman–Crippen MR) is 101 cm³/mol. The molecule has 9 heteroatoms. The lowest BCUT2D eigenvalue weighted by Gasteiger charge is -2.26. The van der Waals surface area contributed by atoms with Crippen molar-refractivity contribution >= 4 is 34.8 Å². The van der Waals surface area contributed by atoms with Crippen molar-refractivity contribution in [2.75, 3.05) is 25.6 Å². The fraction of sp³-hybridized carbons (Fsp3) is 0.412. The molecular weight excluding hydrogens is 381 g/mol.